The van der Waals surface area contributed by atoms with Gasteiger partial charge >= 0.3 is 0 Å². The topological polar surface area (TPSA) is 87.9 Å². The zero-order chi connectivity index (χ0) is 21.0. The van der Waals surface area contributed by atoms with Crippen LogP contribution >= 0.6 is 23.1 Å². The summed E-state index contributed by atoms with van der Waals surface area (Å²) in [6, 6.07) is 11.6. The number of anilines is 1. The number of aromatic nitrogens is 2. The van der Waals surface area contributed by atoms with Gasteiger partial charge in [-0.2, -0.15) is 5.26 Å². The van der Waals surface area contributed by atoms with Crippen molar-refractivity contribution < 1.29 is 9.53 Å². The Morgan fingerprint density at radius 1 is 1.31 bits per heavy atom. The number of rotatable bonds is 6. The summed E-state index contributed by atoms with van der Waals surface area (Å²) in [4.78, 5) is 21.6. The van der Waals surface area contributed by atoms with Gasteiger partial charge < -0.3 is 10.1 Å². The van der Waals surface area contributed by atoms with E-state index in [1.54, 1.807) is 14.0 Å². The summed E-state index contributed by atoms with van der Waals surface area (Å²) >= 11 is 2.63. The van der Waals surface area contributed by atoms with Crippen molar-refractivity contribution in [3.63, 3.8) is 0 Å². The average molecular weight is 425 g/mol. The Morgan fingerprint density at radius 3 is 2.83 bits per heavy atom. The fourth-order valence-corrected chi connectivity index (χ4v) is 4.44. The lowest BCUT2D eigenvalue weighted by Crippen LogP contribution is -2.22. The van der Waals surface area contributed by atoms with Crippen molar-refractivity contribution in [1.29, 1.82) is 5.26 Å². The van der Waals surface area contributed by atoms with Crippen LogP contribution in [0, 0.1) is 25.2 Å². The van der Waals surface area contributed by atoms with Gasteiger partial charge in [0.05, 0.1) is 23.6 Å². The second-order valence-corrected chi connectivity index (χ2v) is 8.58. The zero-order valence-electron chi connectivity index (χ0n) is 16.5. The van der Waals surface area contributed by atoms with Gasteiger partial charge in [-0.05, 0) is 44.5 Å². The number of methoxy groups -OCH3 is 1. The normalized spacial score (nSPS) is 11.6. The van der Waals surface area contributed by atoms with Gasteiger partial charge in [-0.3, -0.25) is 4.79 Å². The largest absolute Gasteiger partial charge is 0.497 e. The highest BCUT2D eigenvalue weighted by Crippen LogP contribution is 2.30. The van der Waals surface area contributed by atoms with E-state index < -0.39 is 5.25 Å². The highest BCUT2D eigenvalue weighted by atomic mass is 32.2. The molecule has 1 N–H and O–H groups in total. The number of hydrogen-bond acceptors (Lipinski definition) is 7. The van der Waals surface area contributed by atoms with Crippen LogP contribution in [0.4, 0.5) is 5.13 Å². The van der Waals surface area contributed by atoms with Gasteiger partial charge in [0.2, 0.25) is 5.91 Å². The van der Waals surface area contributed by atoms with E-state index in [9.17, 15) is 10.1 Å². The van der Waals surface area contributed by atoms with Gasteiger partial charge in [-0.1, -0.05) is 23.9 Å². The first kappa shape index (κ1) is 20.8. The van der Waals surface area contributed by atoms with Crippen LogP contribution in [0.1, 0.15) is 23.7 Å². The van der Waals surface area contributed by atoms with Crippen molar-refractivity contribution >= 4 is 34.1 Å². The van der Waals surface area contributed by atoms with Crippen LogP contribution in [0.15, 0.2) is 40.7 Å². The Labute approximate surface area is 178 Å². The molecule has 0 aliphatic heterocycles. The van der Waals surface area contributed by atoms with Crippen LogP contribution in [-0.4, -0.2) is 28.2 Å². The number of carbonyl (C=O) groups excluding carboxylic acids is 1. The maximum Gasteiger partial charge on any atom is 0.239 e. The Hall–Kier alpha value is -2.89. The summed E-state index contributed by atoms with van der Waals surface area (Å²) in [5.41, 5.74) is 3.88. The Kier molecular flexibility index (Phi) is 6.52. The van der Waals surface area contributed by atoms with E-state index in [0.29, 0.717) is 15.7 Å². The number of thiazole rings is 1. The van der Waals surface area contributed by atoms with Crippen molar-refractivity contribution in [3.05, 3.63) is 52.5 Å². The minimum Gasteiger partial charge on any atom is -0.497 e. The summed E-state index contributed by atoms with van der Waals surface area (Å²) in [7, 11) is 1.62. The number of nitrogens with one attached hydrogen (secondary N) is 1. The zero-order valence-corrected chi connectivity index (χ0v) is 18.1. The second-order valence-electron chi connectivity index (χ2n) is 6.39. The molecule has 0 saturated carbocycles. The van der Waals surface area contributed by atoms with E-state index >= 15 is 0 Å². The molecule has 0 bridgehead atoms. The number of carbonyl (C=O) groups is 1. The molecule has 8 heteroatoms. The molecular formula is C21H20N4O2S2. The second kappa shape index (κ2) is 9.07. The third-order valence-electron chi connectivity index (χ3n) is 4.18. The maximum atomic E-state index is 12.6. The Morgan fingerprint density at radius 2 is 2.10 bits per heavy atom. The molecule has 0 aliphatic rings. The van der Waals surface area contributed by atoms with Crippen LogP contribution in [-0.2, 0) is 4.79 Å². The number of ether oxygens (including phenoxy) is 1. The molecule has 2 heterocycles. The van der Waals surface area contributed by atoms with Crippen molar-refractivity contribution in [1.82, 2.24) is 9.97 Å². The van der Waals surface area contributed by atoms with Gasteiger partial charge in [0, 0.05) is 16.6 Å². The maximum absolute atomic E-state index is 12.6. The molecule has 148 valence electrons. The van der Waals surface area contributed by atoms with Crippen molar-refractivity contribution in [2.24, 2.45) is 0 Å². The minimum atomic E-state index is -0.431. The SMILES string of the molecule is COc1cccc(-c2csc(NC(=O)C(C)Sc3nc(C)cc(C)c3C#N)n2)c1. The molecular weight excluding hydrogens is 404 g/mol. The number of aryl methyl sites for hydroxylation is 2. The van der Waals surface area contributed by atoms with Crippen LogP contribution in [0.25, 0.3) is 11.3 Å². The first-order valence-electron chi connectivity index (χ1n) is 8.87. The van der Waals surface area contributed by atoms with E-state index in [2.05, 4.69) is 21.4 Å². The highest BCUT2D eigenvalue weighted by molar-refractivity contribution is 8.00. The van der Waals surface area contributed by atoms with E-state index in [-0.39, 0.29) is 5.91 Å². The lowest BCUT2D eigenvalue weighted by molar-refractivity contribution is -0.115. The van der Waals surface area contributed by atoms with Crippen molar-refractivity contribution in [3.8, 4) is 23.1 Å². The molecule has 0 fully saturated rings. The summed E-state index contributed by atoms with van der Waals surface area (Å²) in [6.07, 6.45) is 0. The molecule has 1 atom stereocenters. The lowest BCUT2D eigenvalue weighted by atomic mass is 10.1. The third kappa shape index (κ3) is 4.94. The fourth-order valence-electron chi connectivity index (χ4n) is 2.70. The van der Waals surface area contributed by atoms with Gasteiger partial charge in [-0.15, -0.1) is 11.3 Å². The Bertz CT molecular complexity index is 1090. The minimum absolute atomic E-state index is 0.189. The number of thioether (sulfide) groups is 1. The number of benzene rings is 1. The molecule has 1 amide bonds. The van der Waals surface area contributed by atoms with Crippen LogP contribution < -0.4 is 10.1 Å². The van der Waals surface area contributed by atoms with Crippen LogP contribution in [0.5, 0.6) is 5.75 Å². The summed E-state index contributed by atoms with van der Waals surface area (Å²) in [6.45, 7) is 5.54. The molecule has 3 rings (SSSR count). The van der Waals surface area contributed by atoms with Crippen LogP contribution in [0.3, 0.4) is 0 Å². The Balaban J connectivity index is 1.71. The average Bonchev–Trinajstić information content (AvgIpc) is 3.16. The summed E-state index contributed by atoms with van der Waals surface area (Å²) in [5.74, 6) is 0.562. The molecule has 1 unspecified atom stereocenters. The van der Waals surface area contributed by atoms with E-state index in [1.165, 1.54) is 23.1 Å². The highest BCUT2D eigenvalue weighted by Gasteiger charge is 2.20. The van der Waals surface area contributed by atoms with Gasteiger partial charge in [0.1, 0.15) is 16.8 Å². The molecule has 29 heavy (non-hydrogen) atoms. The summed E-state index contributed by atoms with van der Waals surface area (Å²) < 4.78 is 5.25. The monoisotopic (exact) mass is 424 g/mol. The number of pyridine rings is 1. The number of nitriles is 1. The standard InChI is InChI=1S/C21H20N4O2S2/c1-12-8-13(2)23-20(17(12)10-22)29-14(3)19(26)25-21-24-18(11-28-21)15-6-5-7-16(9-15)27-4/h5-9,11,14H,1-4H3,(H,24,25,26). The first-order valence-corrected chi connectivity index (χ1v) is 10.6. The molecule has 6 nitrogen and oxygen atoms in total. The van der Waals surface area contributed by atoms with E-state index in [1.807, 2.05) is 49.6 Å². The predicted molar refractivity (Wildman–Crippen MR) is 116 cm³/mol. The van der Waals surface area contributed by atoms with E-state index in [0.717, 1.165) is 28.3 Å². The molecule has 0 saturated heterocycles. The van der Waals surface area contributed by atoms with Crippen molar-refractivity contribution in [2.45, 2.75) is 31.0 Å². The first-order chi connectivity index (χ1) is 13.9. The van der Waals surface area contributed by atoms with Gasteiger partial charge in [-0.25, -0.2) is 9.97 Å². The predicted octanol–water partition coefficient (Wildman–Crippen LogP) is 4.82. The quantitative estimate of drug-likeness (QED) is 0.571. The fraction of sp³-hybridized carbons (Fsp3) is 0.238. The number of hydrogen-bond donors (Lipinski definition) is 1. The van der Waals surface area contributed by atoms with Gasteiger partial charge in [0.25, 0.3) is 0 Å². The number of nitrogens with zero attached hydrogens (tertiary/aromatic N) is 3. The molecule has 0 aliphatic carbocycles. The number of amides is 1. The van der Waals surface area contributed by atoms with E-state index in [4.69, 9.17) is 4.74 Å². The smallest absolute Gasteiger partial charge is 0.239 e. The van der Waals surface area contributed by atoms with Crippen LogP contribution in [0.2, 0.25) is 0 Å². The molecule has 1 aromatic carbocycles. The molecule has 3 aromatic rings. The lowest BCUT2D eigenvalue weighted by Gasteiger charge is -2.12. The molecule has 0 spiro atoms. The van der Waals surface area contributed by atoms with Crippen molar-refractivity contribution in [2.75, 3.05) is 12.4 Å². The summed E-state index contributed by atoms with van der Waals surface area (Å²) in [5, 5.41) is 14.8. The molecule has 0 radical (unpaired) electrons. The third-order valence-corrected chi connectivity index (χ3v) is 6.02. The molecule has 2 aromatic heterocycles. The van der Waals surface area contributed by atoms with Gasteiger partial charge in [0.15, 0.2) is 5.13 Å².